The van der Waals surface area contributed by atoms with Crippen LogP contribution in [0.2, 0.25) is 0 Å². The Morgan fingerprint density at radius 3 is 2.48 bits per heavy atom. The number of pyridine rings is 1. The monoisotopic (exact) mass is 427 g/mol. The van der Waals surface area contributed by atoms with Crippen LogP contribution in [0.5, 0.6) is 11.5 Å². The molecule has 3 aromatic rings. The third-order valence-electron chi connectivity index (χ3n) is 4.61. The van der Waals surface area contributed by atoms with Crippen LogP contribution >= 0.6 is 0 Å². The predicted molar refractivity (Wildman–Crippen MR) is 115 cm³/mol. The van der Waals surface area contributed by atoms with Crippen molar-refractivity contribution in [2.24, 2.45) is 0 Å². The Balaban J connectivity index is 1.78. The molecule has 0 fully saturated rings. The number of carboxylic acid groups (broad SMARTS) is 1. The zero-order valence-electron chi connectivity index (χ0n) is 17.8. The largest absolute Gasteiger partial charge is 0.490 e. The second kappa shape index (κ2) is 10.2. The standard InChI is InChI=1S/C24H26FNO5/c1-4-29-21(24(27)28)13-16-9-11-17(12-10-16)30-14-19-22(31-15(2)3)18-7-5-6-8-20(18)26-23(19)25/h5-12,15,21H,4,13-14H2,1-3H3,(H,27,28). The molecule has 0 spiro atoms. The van der Waals surface area contributed by atoms with E-state index < -0.39 is 18.0 Å². The molecule has 1 unspecified atom stereocenters. The summed E-state index contributed by atoms with van der Waals surface area (Å²) in [6, 6.07) is 14.2. The molecule has 6 nitrogen and oxygen atoms in total. The maximum absolute atomic E-state index is 14.7. The molecule has 2 aromatic carbocycles. The maximum Gasteiger partial charge on any atom is 0.333 e. The number of hydrogen-bond donors (Lipinski definition) is 1. The summed E-state index contributed by atoms with van der Waals surface area (Å²) in [6.45, 7) is 5.78. The zero-order chi connectivity index (χ0) is 22.4. The van der Waals surface area contributed by atoms with Crippen LogP contribution in [0.1, 0.15) is 31.9 Å². The smallest absolute Gasteiger partial charge is 0.333 e. The van der Waals surface area contributed by atoms with Gasteiger partial charge in [-0.25, -0.2) is 9.78 Å². The molecule has 1 N–H and O–H groups in total. The molecule has 0 amide bonds. The van der Waals surface area contributed by atoms with Gasteiger partial charge in [-0.15, -0.1) is 0 Å². The second-order valence-corrected chi connectivity index (χ2v) is 7.31. The van der Waals surface area contributed by atoms with Gasteiger partial charge in [0.05, 0.1) is 17.2 Å². The van der Waals surface area contributed by atoms with Gasteiger partial charge in [-0.05, 0) is 50.6 Å². The second-order valence-electron chi connectivity index (χ2n) is 7.31. The average molecular weight is 427 g/mol. The molecule has 31 heavy (non-hydrogen) atoms. The lowest BCUT2D eigenvalue weighted by Gasteiger charge is -2.17. The molecule has 1 heterocycles. The lowest BCUT2D eigenvalue weighted by molar-refractivity contribution is -0.149. The van der Waals surface area contributed by atoms with Gasteiger partial charge in [-0.2, -0.15) is 4.39 Å². The molecule has 1 aromatic heterocycles. The number of aromatic nitrogens is 1. The van der Waals surface area contributed by atoms with Gasteiger partial charge in [0.15, 0.2) is 6.10 Å². The summed E-state index contributed by atoms with van der Waals surface area (Å²) >= 11 is 0. The Kier molecular flexibility index (Phi) is 7.41. The molecular weight excluding hydrogens is 401 g/mol. The summed E-state index contributed by atoms with van der Waals surface area (Å²) in [5.41, 5.74) is 1.57. The molecule has 164 valence electrons. The van der Waals surface area contributed by atoms with E-state index in [2.05, 4.69) is 4.98 Å². The Bertz CT molecular complexity index is 1040. The molecule has 7 heteroatoms. The number of halogens is 1. The molecule has 0 aliphatic heterocycles. The van der Waals surface area contributed by atoms with E-state index in [9.17, 15) is 14.3 Å². The summed E-state index contributed by atoms with van der Waals surface area (Å²) < 4.78 is 31.7. The number of carbonyl (C=O) groups is 1. The minimum Gasteiger partial charge on any atom is -0.490 e. The molecular formula is C24H26FNO5. The number of hydrogen-bond acceptors (Lipinski definition) is 5. The molecule has 0 aliphatic rings. The van der Waals surface area contributed by atoms with Crippen LogP contribution in [0.15, 0.2) is 48.5 Å². The van der Waals surface area contributed by atoms with E-state index in [4.69, 9.17) is 14.2 Å². The number of carboxylic acids is 1. The van der Waals surface area contributed by atoms with Crippen LogP contribution in [0.25, 0.3) is 10.9 Å². The van der Waals surface area contributed by atoms with Gasteiger partial charge in [0, 0.05) is 18.4 Å². The third-order valence-corrected chi connectivity index (χ3v) is 4.61. The topological polar surface area (TPSA) is 77.9 Å². The third kappa shape index (κ3) is 5.70. The Labute approximate surface area is 180 Å². The minimum atomic E-state index is -1.00. The number of rotatable bonds is 10. The molecule has 1 atom stereocenters. The van der Waals surface area contributed by atoms with Crippen molar-refractivity contribution >= 4 is 16.9 Å². The number of aliphatic carboxylic acids is 1. The van der Waals surface area contributed by atoms with Gasteiger partial charge < -0.3 is 19.3 Å². The number of ether oxygens (including phenoxy) is 3. The van der Waals surface area contributed by atoms with Gasteiger partial charge in [0.25, 0.3) is 0 Å². The summed E-state index contributed by atoms with van der Waals surface area (Å²) in [4.78, 5) is 15.3. The molecule has 0 saturated carbocycles. The first-order valence-electron chi connectivity index (χ1n) is 10.2. The van der Waals surface area contributed by atoms with Gasteiger partial charge in [-0.3, -0.25) is 0 Å². The fourth-order valence-electron chi connectivity index (χ4n) is 3.20. The number of para-hydroxylation sites is 1. The van der Waals surface area contributed by atoms with Crippen molar-refractivity contribution in [3.05, 3.63) is 65.6 Å². The van der Waals surface area contributed by atoms with Crippen LogP contribution in [0.3, 0.4) is 0 Å². The van der Waals surface area contributed by atoms with E-state index >= 15 is 0 Å². The first kappa shape index (κ1) is 22.5. The van der Waals surface area contributed by atoms with Crippen LogP contribution in [0, 0.1) is 5.95 Å². The number of fused-ring (bicyclic) bond motifs is 1. The summed E-state index contributed by atoms with van der Waals surface area (Å²) in [5, 5.41) is 9.94. The van der Waals surface area contributed by atoms with Crippen molar-refractivity contribution in [2.45, 2.75) is 46.0 Å². The highest BCUT2D eigenvalue weighted by Gasteiger charge is 2.19. The lowest BCUT2D eigenvalue weighted by Crippen LogP contribution is -2.26. The quantitative estimate of drug-likeness (QED) is 0.470. The van der Waals surface area contributed by atoms with Crippen molar-refractivity contribution in [1.82, 2.24) is 4.98 Å². The van der Waals surface area contributed by atoms with E-state index in [1.807, 2.05) is 26.0 Å². The van der Waals surface area contributed by atoms with E-state index in [1.165, 1.54) is 0 Å². The van der Waals surface area contributed by atoms with Gasteiger partial charge in [0.2, 0.25) is 5.95 Å². The fraction of sp³-hybridized carbons (Fsp3) is 0.333. The lowest BCUT2D eigenvalue weighted by atomic mass is 10.1. The SMILES string of the molecule is CCOC(Cc1ccc(OCc2c(F)nc3ccccc3c2OC(C)C)cc1)C(=O)O. The predicted octanol–water partition coefficient (Wildman–Crippen LogP) is 4.77. The fourth-order valence-corrected chi connectivity index (χ4v) is 3.20. The molecule has 0 bridgehead atoms. The highest BCUT2D eigenvalue weighted by atomic mass is 19.1. The molecule has 3 rings (SSSR count). The summed E-state index contributed by atoms with van der Waals surface area (Å²) in [7, 11) is 0. The molecule has 0 radical (unpaired) electrons. The van der Waals surface area contributed by atoms with Crippen molar-refractivity contribution in [3.8, 4) is 11.5 Å². The highest BCUT2D eigenvalue weighted by Crippen LogP contribution is 2.32. The van der Waals surface area contributed by atoms with Crippen LogP contribution in [-0.4, -0.2) is 34.9 Å². The minimum absolute atomic E-state index is 0.0538. The summed E-state index contributed by atoms with van der Waals surface area (Å²) in [6.07, 6.45) is -0.792. The van der Waals surface area contributed by atoms with E-state index in [1.54, 1.807) is 43.3 Å². The normalized spacial score (nSPS) is 12.2. The average Bonchev–Trinajstić information content (AvgIpc) is 2.73. The zero-order valence-corrected chi connectivity index (χ0v) is 17.8. The van der Waals surface area contributed by atoms with Crippen LogP contribution in [0.4, 0.5) is 4.39 Å². The summed E-state index contributed by atoms with van der Waals surface area (Å²) in [5.74, 6) is -0.683. The molecule has 0 aliphatic carbocycles. The maximum atomic E-state index is 14.7. The van der Waals surface area contributed by atoms with E-state index in [0.29, 0.717) is 23.6 Å². The van der Waals surface area contributed by atoms with E-state index in [0.717, 1.165) is 10.9 Å². The van der Waals surface area contributed by atoms with Gasteiger partial charge in [-0.1, -0.05) is 24.3 Å². The van der Waals surface area contributed by atoms with Crippen LogP contribution < -0.4 is 9.47 Å². The molecule has 0 saturated heterocycles. The number of nitrogens with zero attached hydrogens (tertiary/aromatic N) is 1. The number of benzene rings is 2. The van der Waals surface area contributed by atoms with Crippen molar-refractivity contribution < 1.29 is 28.5 Å². The van der Waals surface area contributed by atoms with E-state index in [-0.39, 0.29) is 24.7 Å². The van der Waals surface area contributed by atoms with Crippen molar-refractivity contribution in [2.75, 3.05) is 6.61 Å². The Hall–Kier alpha value is -3.19. The van der Waals surface area contributed by atoms with Crippen molar-refractivity contribution in [1.29, 1.82) is 0 Å². The Morgan fingerprint density at radius 1 is 1.13 bits per heavy atom. The van der Waals surface area contributed by atoms with Gasteiger partial charge >= 0.3 is 5.97 Å². The van der Waals surface area contributed by atoms with Crippen LogP contribution in [-0.2, 0) is 22.6 Å². The first-order valence-corrected chi connectivity index (χ1v) is 10.2. The Morgan fingerprint density at radius 2 is 1.84 bits per heavy atom. The van der Waals surface area contributed by atoms with Crippen molar-refractivity contribution in [3.63, 3.8) is 0 Å². The van der Waals surface area contributed by atoms with Gasteiger partial charge in [0.1, 0.15) is 18.1 Å². The highest BCUT2D eigenvalue weighted by molar-refractivity contribution is 5.86. The first-order chi connectivity index (χ1) is 14.9.